The van der Waals surface area contributed by atoms with Gasteiger partial charge in [0, 0.05) is 11.6 Å². The van der Waals surface area contributed by atoms with Crippen molar-refractivity contribution in [3.63, 3.8) is 0 Å². The van der Waals surface area contributed by atoms with Gasteiger partial charge in [0.1, 0.15) is 0 Å². The van der Waals surface area contributed by atoms with Gasteiger partial charge in [0.15, 0.2) is 0 Å². The van der Waals surface area contributed by atoms with Gasteiger partial charge in [0.05, 0.1) is 0 Å². The van der Waals surface area contributed by atoms with Crippen LogP contribution in [0.3, 0.4) is 0 Å². The molecule has 0 heterocycles. The van der Waals surface area contributed by atoms with E-state index >= 15 is 0 Å². The fraction of sp³-hybridized carbons (Fsp3) is 0.647. The Morgan fingerprint density at radius 2 is 1.84 bits per heavy atom. The molecule has 2 atom stereocenters. The zero-order valence-electron chi connectivity index (χ0n) is 12.9. The van der Waals surface area contributed by atoms with Gasteiger partial charge in [-0.2, -0.15) is 0 Å². The first kappa shape index (κ1) is 16.2. The van der Waals surface area contributed by atoms with E-state index in [9.17, 15) is 0 Å². The van der Waals surface area contributed by atoms with Gasteiger partial charge in [-0.15, -0.1) is 0 Å². The fourth-order valence-electron chi connectivity index (χ4n) is 2.72. The number of hydrogen-bond acceptors (Lipinski definition) is 2. The SMILES string of the molecule is CCCC(N)c1cccc(C(N)(CCC)C(C)C)c1. The third kappa shape index (κ3) is 3.80. The van der Waals surface area contributed by atoms with Gasteiger partial charge in [-0.3, -0.25) is 0 Å². The van der Waals surface area contributed by atoms with Gasteiger partial charge in [-0.25, -0.2) is 0 Å². The Bertz CT molecular complexity index is 387. The molecular formula is C17H30N2. The van der Waals surface area contributed by atoms with Crippen LogP contribution < -0.4 is 11.5 Å². The van der Waals surface area contributed by atoms with Gasteiger partial charge >= 0.3 is 0 Å². The van der Waals surface area contributed by atoms with E-state index < -0.39 is 0 Å². The van der Waals surface area contributed by atoms with E-state index in [1.54, 1.807) is 0 Å². The summed E-state index contributed by atoms with van der Waals surface area (Å²) in [6, 6.07) is 8.72. The van der Waals surface area contributed by atoms with E-state index in [1.807, 2.05) is 0 Å². The summed E-state index contributed by atoms with van der Waals surface area (Å²) in [6.07, 6.45) is 4.24. The molecule has 0 saturated heterocycles. The summed E-state index contributed by atoms with van der Waals surface area (Å²) >= 11 is 0. The summed E-state index contributed by atoms with van der Waals surface area (Å²) in [7, 11) is 0. The monoisotopic (exact) mass is 262 g/mol. The fourth-order valence-corrected chi connectivity index (χ4v) is 2.72. The van der Waals surface area contributed by atoms with Gasteiger partial charge < -0.3 is 11.5 Å². The molecule has 0 aliphatic carbocycles. The Hall–Kier alpha value is -0.860. The lowest BCUT2D eigenvalue weighted by Gasteiger charge is -2.34. The zero-order valence-corrected chi connectivity index (χ0v) is 12.9. The summed E-state index contributed by atoms with van der Waals surface area (Å²) in [4.78, 5) is 0. The lowest BCUT2D eigenvalue weighted by molar-refractivity contribution is 0.291. The molecule has 1 rings (SSSR count). The Morgan fingerprint density at radius 1 is 1.16 bits per heavy atom. The Labute approximate surface area is 118 Å². The highest BCUT2D eigenvalue weighted by Crippen LogP contribution is 2.33. The van der Waals surface area contributed by atoms with E-state index in [0.29, 0.717) is 5.92 Å². The molecule has 4 N–H and O–H groups in total. The number of nitrogens with two attached hydrogens (primary N) is 2. The van der Waals surface area contributed by atoms with Gasteiger partial charge in [0.2, 0.25) is 0 Å². The normalized spacial score (nSPS) is 16.4. The first-order chi connectivity index (χ1) is 8.95. The smallest absolute Gasteiger partial charge is 0.0432 e. The van der Waals surface area contributed by atoms with E-state index in [1.165, 1.54) is 11.1 Å². The van der Waals surface area contributed by atoms with Crippen LogP contribution in [0.15, 0.2) is 24.3 Å². The predicted octanol–water partition coefficient (Wildman–Crippen LogP) is 4.10. The van der Waals surface area contributed by atoms with Crippen LogP contribution in [0.5, 0.6) is 0 Å². The Kier molecular flexibility index (Phi) is 6.02. The molecule has 0 aromatic heterocycles. The average molecular weight is 262 g/mol. The van der Waals surface area contributed by atoms with Crippen LogP contribution in [0, 0.1) is 5.92 Å². The molecule has 2 nitrogen and oxygen atoms in total. The zero-order chi connectivity index (χ0) is 14.5. The molecule has 19 heavy (non-hydrogen) atoms. The third-order valence-electron chi connectivity index (χ3n) is 4.15. The largest absolute Gasteiger partial charge is 0.324 e. The summed E-state index contributed by atoms with van der Waals surface area (Å²) in [5.74, 6) is 0.421. The van der Waals surface area contributed by atoms with Crippen LogP contribution in [0.2, 0.25) is 0 Å². The minimum atomic E-state index is -0.239. The van der Waals surface area contributed by atoms with Crippen LogP contribution in [0.1, 0.15) is 70.5 Å². The highest BCUT2D eigenvalue weighted by molar-refractivity contribution is 5.31. The number of hydrogen-bond donors (Lipinski definition) is 2. The molecule has 0 aliphatic heterocycles. The van der Waals surface area contributed by atoms with Crippen molar-refractivity contribution in [2.24, 2.45) is 17.4 Å². The molecule has 0 aliphatic rings. The first-order valence-electron chi connectivity index (χ1n) is 7.60. The molecule has 2 heteroatoms. The number of rotatable bonds is 7. The maximum absolute atomic E-state index is 6.67. The highest BCUT2D eigenvalue weighted by atomic mass is 14.8. The molecule has 0 amide bonds. The van der Waals surface area contributed by atoms with E-state index in [-0.39, 0.29) is 11.6 Å². The lowest BCUT2D eigenvalue weighted by atomic mass is 9.77. The average Bonchev–Trinajstić information content (AvgIpc) is 2.39. The van der Waals surface area contributed by atoms with E-state index in [0.717, 1.165) is 25.7 Å². The molecule has 108 valence electrons. The summed E-state index contributed by atoms with van der Waals surface area (Å²) in [6.45, 7) is 8.77. The van der Waals surface area contributed by atoms with Crippen molar-refractivity contribution in [3.8, 4) is 0 Å². The van der Waals surface area contributed by atoms with Crippen molar-refractivity contribution in [2.45, 2.75) is 65.0 Å². The maximum Gasteiger partial charge on any atom is 0.0432 e. The lowest BCUT2D eigenvalue weighted by Crippen LogP contribution is -2.42. The van der Waals surface area contributed by atoms with Crippen molar-refractivity contribution in [2.75, 3.05) is 0 Å². The van der Waals surface area contributed by atoms with Crippen LogP contribution in [0.25, 0.3) is 0 Å². The molecule has 1 aromatic carbocycles. The number of benzene rings is 1. The van der Waals surface area contributed by atoms with Gasteiger partial charge in [0.25, 0.3) is 0 Å². The molecule has 0 saturated carbocycles. The molecule has 2 unspecified atom stereocenters. The van der Waals surface area contributed by atoms with Crippen molar-refractivity contribution in [1.29, 1.82) is 0 Å². The van der Waals surface area contributed by atoms with E-state index in [4.69, 9.17) is 11.5 Å². The quantitative estimate of drug-likeness (QED) is 0.777. The van der Waals surface area contributed by atoms with Gasteiger partial charge in [-0.05, 0) is 29.9 Å². The summed E-state index contributed by atoms with van der Waals surface area (Å²) in [5.41, 5.74) is 15.1. The predicted molar refractivity (Wildman–Crippen MR) is 83.9 cm³/mol. The first-order valence-corrected chi connectivity index (χ1v) is 7.60. The van der Waals surface area contributed by atoms with Crippen LogP contribution in [-0.2, 0) is 5.54 Å². The maximum atomic E-state index is 6.67. The molecular weight excluding hydrogens is 232 g/mol. The Morgan fingerprint density at radius 3 is 2.37 bits per heavy atom. The van der Waals surface area contributed by atoms with Crippen LogP contribution in [-0.4, -0.2) is 0 Å². The molecule has 0 radical (unpaired) electrons. The topological polar surface area (TPSA) is 52.0 Å². The van der Waals surface area contributed by atoms with Crippen molar-refractivity contribution >= 4 is 0 Å². The second-order valence-corrected chi connectivity index (χ2v) is 5.97. The Balaban J connectivity index is 3.08. The molecule has 1 aromatic rings. The van der Waals surface area contributed by atoms with Crippen molar-refractivity contribution in [1.82, 2.24) is 0 Å². The summed E-state index contributed by atoms with van der Waals surface area (Å²) in [5, 5.41) is 0. The molecule has 0 spiro atoms. The third-order valence-corrected chi connectivity index (χ3v) is 4.15. The second-order valence-electron chi connectivity index (χ2n) is 5.97. The van der Waals surface area contributed by atoms with Crippen molar-refractivity contribution in [3.05, 3.63) is 35.4 Å². The highest BCUT2D eigenvalue weighted by Gasteiger charge is 2.30. The van der Waals surface area contributed by atoms with Crippen LogP contribution in [0.4, 0.5) is 0 Å². The van der Waals surface area contributed by atoms with Gasteiger partial charge in [-0.1, -0.05) is 64.8 Å². The standard InChI is InChI=1S/C17H30N2/c1-5-8-16(18)14-9-7-10-15(12-14)17(19,11-6-2)13(3)4/h7,9-10,12-13,16H,5-6,8,11,18-19H2,1-4H3. The second kappa shape index (κ2) is 7.06. The minimum Gasteiger partial charge on any atom is -0.324 e. The van der Waals surface area contributed by atoms with Crippen LogP contribution >= 0.6 is 0 Å². The van der Waals surface area contributed by atoms with E-state index in [2.05, 4.69) is 52.0 Å². The minimum absolute atomic E-state index is 0.128. The molecule has 0 bridgehead atoms. The summed E-state index contributed by atoms with van der Waals surface area (Å²) < 4.78 is 0. The van der Waals surface area contributed by atoms with Crippen molar-refractivity contribution < 1.29 is 0 Å². The molecule has 0 fully saturated rings.